The molecule has 1 aromatic heterocycles. The first-order valence-electron chi connectivity index (χ1n) is 5.76. The Balaban J connectivity index is 2.28. The molecular formula is C11H15N3O2S. The van der Waals surface area contributed by atoms with Crippen LogP contribution in [-0.4, -0.2) is 34.4 Å². The van der Waals surface area contributed by atoms with E-state index in [2.05, 4.69) is 15.1 Å². The number of carboxylic acid groups (broad SMARTS) is 1. The molecule has 1 fully saturated rings. The second kappa shape index (κ2) is 5.27. The lowest BCUT2D eigenvalue weighted by atomic mass is 10.2. The standard InChI is InChI=1S/C11H15N3O2S/c15-11(16)8-7-9(12-13-10(8)17)14-5-3-1-2-4-6-14/h7H,1-6H2,(H,13,17)(H,15,16). The van der Waals surface area contributed by atoms with Crippen molar-refractivity contribution in [2.45, 2.75) is 25.7 Å². The number of nitrogens with zero attached hydrogens (tertiary/aromatic N) is 2. The minimum absolute atomic E-state index is 0.120. The summed E-state index contributed by atoms with van der Waals surface area (Å²) in [6.45, 7) is 1.85. The van der Waals surface area contributed by atoms with Crippen LogP contribution in [0.1, 0.15) is 36.0 Å². The minimum Gasteiger partial charge on any atom is -0.478 e. The van der Waals surface area contributed by atoms with Gasteiger partial charge in [-0.2, -0.15) is 5.10 Å². The number of H-pyrrole nitrogens is 1. The van der Waals surface area contributed by atoms with Crippen molar-refractivity contribution in [3.8, 4) is 0 Å². The first kappa shape index (κ1) is 12.0. The van der Waals surface area contributed by atoms with Crippen LogP contribution in [0.15, 0.2) is 6.07 Å². The van der Waals surface area contributed by atoms with Crippen LogP contribution in [0.25, 0.3) is 0 Å². The second-order valence-corrected chi connectivity index (χ2v) is 4.58. The van der Waals surface area contributed by atoms with Crippen molar-refractivity contribution in [2.75, 3.05) is 18.0 Å². The van der Waals surface area contributed by atoms with E-state index in [0.717, 1.165) is 25.9 Å². The number of aromatic nitrogens is 2. The SMILES string of the molecule is O=C(O)c1cc(N2CCCCCC2)n[nH]c1=S. The predicted octanol–water partition coefficient (Wildman–Crippen LogP) is 2.22. The Morgan fingerprint density at radius 3 is 2.59 bits per heavy atom. The van der Waals surface area contributed by atoms with Gasteiger partial charge in [0.1, 0.15) is 10.5 Å². The number of hydrogen-bond donors (Lipinski definition) is 2. The number of nitrogens with one attached hydrogen (secondary N) is 1. The molecule has 0 aliphatic carbocycles. The van der Waals surface area contributed by atoms with Crippen LogP contribution in [-0.2, 0) is 0 Å². The zero-order valence-electron chi connectivity index (χ0n) is 9.48. The number of aromatic carboxylic acids is 1. The molecule has 1 saturated heterocycles. The van der Waals surface area contributed by atoms with Crippen LogP contribution in [0.4, 0.5) is 5.82 Å². The van der Waals surface area contributed by atoms with E-state index in [9.17, 15) is 4.79 Å². The maximum absolute atomic E-state index is 11.0. The summed E-state index contributed by atoms with van der Waals surface area (Å²) in [5.41, 5.74) is 0.120. The van der Waals surface area contributed by atoms with Crippen molar-refractivity contribution in [2.24, 2.45) is 0 Å². The molecule has 6 heteroatoms. The maximum Gasteiger partial charge on any atom is 0.338 e. The van der Waals surface area contributed by atoms with Crippen LogP contribution >= 0.6 is 12.2 Å². The van der Waals surface area contributed by atoms with Crippen LogP contribution in [0.3, 0.4) is 0 Å². The monoisotopic (exact) mass is 253 g/mol. The van der Waals surface area contributed by atoms with Crippen molar-refractivity contribution < 1.29 is 9.90 Å². The molecule has 17 heavy (non-hydrogen) atoms. The van der Waals surface area contributed by atoms with E-state index in [1.165, 1.54) is 12.8 Å². The zero-order chi connectivity index (χ0) is 12.3. The average Bonchev–Trinajstić information content (AvgIpc) is 2.58. The fourth-order valence-electron chi connectivity index (χ4n) is 2.02. The van der Waals surface area contributed by atoms with E-state index < -0.39 is 5.97 Å². The van der Waals surface area contributed by atoms with E-state index in [1.807, 2.05) is 0 Å². The van der Waals surface area contributed by atoms with Gasteiger partial charge in [-0.25, -0.2) is 4.79 Å². The molecule has 2 N–H and O–H groups in total. The molecule has 0 bridgehead atoms. The quantitative estimate of drug-likeness (QED) is 0.791. The van der Waals surface area contributed by atoms with E-state index in [0.29, 0.717) is 5.82 Å². The van der Waals surface area contributed by atoms with Crippen molar-refractivity contribution in [3.63, 3.8) is 0 Å². The summed E-state index contributed by atoms with van der Waals surface area (Å²) in [4.78, 5) is 13.1. The van der Waals surface area contributed by atoms with Gasteiger partial charge in [-0.05, 0) is 18.9 Å². The first-order valence-corrected chi connectivity index (χ1v) is 6.17. The maximum atomic E-state index is 11.0. The molecule has 0 saturated carbocycles. The Bertz CT molecular complexity index is 464. The molecule has 0 radical (unpaired) electrons. The van der Waals surface area contributed by atoms with Crippen molar-refractivity contribution in [1.82, 2.24) is 10.2 Å². The second-order valence-electron chi connectivity index (χ2n) is 4.18. The third-order valence-corrected chi connectivity index (χ3v) is 3.26. The summed E-state index contributed by atoms with van der Waals surface area (Å²) in [7, 11) is 0. The van der Waals surface area contributed by atoms with Gasteiger partial charge in [0, 0.05) is 13.1 Å². The molecule has 0 atom stereocenters. The van der Waals surface area contributed by atoms with Crippen molar-refractivity contribution in [1.29, 1.82) is 0 Å². The largest absolute Gasteiger partial charge is 0.478 e. The third-order valence-electron chi connectivity index (χ3n) is 2.95. The molecule has 5 nitrogen and oxygen atoms in total. The van der Waals surface area contributed by atoms with Crippen LogP contribution < -0.4 is 4.90 Å². The fraction of sp³-hybridized carbons (Fsp3) is 0.545. The Labute approximate surface area is 104 Å². The lowest BCUT2D eigenvalue weighted by molar-refractivity contribution is 0.0695. The highest BCUT2D eigenvalue weighted by molar-refractivity contribution is 7.71. The van der Waals surface area contributed by atoms with Crippen LogP contribution in [0.2, 0.25) is 0 Å². The van der Waals surface area contributed by atoms with E-state index in [4.69, 9.17) is 17.3 Å². The Kier molecular flexibility index (Phi) is 3.73. The van der Waals surface area contributed by atoms with E-state index >= 15 is 0 Å². The van der Waals surface area contributed by atoms with Gasteiger partial charge in [-0.1, -0.05) is 25.1 Å². The normalized spacial score (nSPS) is 16.6. The molecule has 1 aliphatic heterocycles. The smallest absolute Gasteiger partial charge is 0.338 e. The number of anilines is 1. The highest BCUT2D eigenvalue weighted by Crippen LogP contribution is 2.17. The van der Waals surface area contributed by atoms with Gasteiger partial charge in [-0.3, -0.25) is 5.10 Å². The molecule has 1 aliphatic rings. The molecule has 2 heterocycles. The predicted molar refractivity (Wildman–Crippen MR) is 67.1 cm³/mol. The van der Waals surface area contributed by atoms with Gasteiger partial charge < -0.3 is 10.0 Å². The van der Waals surface area contributed by atoms with Crippen LogP contribution in [0.5, 0.6) is 0 Å². The third kappa shape index (κ3) is 2.82. The molecule has 1 aromatic rings. The summed E-state index contributed by atoms with van der Waals surface area (Å²) in [6, 6.07) is 1.56. The Hall–Kier alpha value is -1.43. The first-order chi connectivity index (χ1) is 8.18. The van der Waals surface area contributed by atoms with Gasteiger partial charge in [0.2, 0.25) is 0 Å². The average molecular weight is 253 g/mol. The molecule has 92 valence electrons. The minimum atomic E-state index is -1.01. The van der Waals surface area contributed by atoms with Gasteiger partial charge in [0.15, 0.2) is 0 Å². The fourth-order valence-corrected chi connectivity index (χ4v) is 2.21. The van der Waals surface area contributed by atoms with Crippen molar-refractivity contribution in [3.05, 3.63) is 16.3 Å². The molecule has 0 aromatic carbocycles. The molecule has 0 spiro atoms. The lowest BCUT2D eigenvalue weighted by Crippen LogP contribution is -2.25. The van der Waals surface area contributed by atoms with Crippen molar-refractivity contribution >= 4 is 24.0 Å². The highest BCUT2D eigenvalue weighted by Gasteiger charge is 2.14. The number of hydrogen-bond acceptors (Lipinski definition) is 4. The van der Waals surface area contributed by atoms with Crippen LogP contribution in [0, 0.1) is 4.64 Å². The van der Waals surface area contributed by atoms with E-state index in [1.54, 1.807) is 6.07 Å². The molecule has 0 unspecified atom stereocenters. The Morgan fingerprint density at radius 1 is 1.35 bits per heavy atom. The summed E-state index contributed by atoms with van der Waals surface area (Å²) in [5, 5.41) is 15.7. The Morgan fingerprint density at radius 2 is 2.00 bits per heavy atom. The van der Waals surface area contributed by atoms with Gasteiger partial charge in [0.25, 0.3) is 0 Å². The zero-order valence-corrected chi connectivity index (χ0v) is 10.3. The van der Waals surface area contributed by atoms with Gasteiger partial charge in [0.05, 0.1) is 5.56 Å². The summed E-state index contributed by atoms with van der Waals surface area (Å²) < 4.78 is 0.177. The lowest BCUT2D eigenvalue weighted by Gasteiger charge is -2.20. The number of aromatic amines is 1. The van der Waals surface area contributed by atoms with Gasteiger partial charge >= 0.3 is 5.97 Å². The molecule has 2 rings (SSSR count). The summed E-state index contributed by atoms with van der Waals surface area (Å²) >= 11 is 4.90. The highest BCUT2D eigenvalue weighted by atomic mass is 32.1. The number of carboxylic acids is 1. The topological polar surface area (TPSA) is 69.2 Å². The van der Waals surface area contributed by atoms with Gasteiger partial charge in [-0.15, -0.1) is 0 Å². The number of carbonyl (C=O) groups is 1. The molecular weight excluding hydrogens is 238 g/mol. The molecule has 0 amide bonds. The number of rotatable bonds is 2. The van der Waals surface area contributed by atoms with E-state index in [-0.39, 0.29) is 10.2 Å². The summed E-state index contributed by atoms with van der Waals surface area (Å²) in [6.07, 6.45) is 4.70. The summed E-state index contributed by atoms with van der Waals surface area (Å²) in [5.74, 6) is -0.331.